The fourth-order valence-corrected chi connectivity index (χ4v) is 3.62. The summed E-state index contributed by atoms with van der Waals surface area (Å²) in [6.07, 6.45) is 0.110. The van der Waals surface area contributed by atoms with Crippen molar-refractivity contribution in [3.05, 3.63) is 35.9 Å². The summed E-state index contributed by atoms with van der Waals surface area (Å²) in [5.74, 6) is -4.67. The molecule has 35 heavy (non-hydrogen) atoms. The molecule has 1 heterocycles. The molecular formula is C23H33N5O7. The van der Waals surface area contributed by atoms with E-state index in [0.717, 1.165) is 32.7 Å². The van der Waals surface area contributed by atoms with E-state index in [1.165, 1.54) is 0 Å². The number of amides is 3. The molecule has 0 unspecified atom stereocenters. The van der Waals surface area contributed by atoms with Gasteiger partial charge in [0.1, 0.15) is 12.1 Å². The van der Waals surface area contributed by atoms with Gasteiger partial charge in [-0.3, -0.25) is 19.2 Å². The Morgan fingerprint density at radius 3 is 2.26 bits per heavy atom. The molecule has 3 amide bonds. The minimum Gasteiger partial charge on any atom is -0.481 e. The second kappa shape index (κ2) is 14.7. The molecule has 192 valence electrons. The van der Waals surface area contributed by atoms with E-state index >= 15 is 0 Å². The average Bonchev–Trinajstić information content (AvgIpc) is 2.83. The Labute approximate surface area is 203 Å². The van der Waals surface area contributed by atoms with Gasteiger partial charge in [0.2, 0.25) is 17.7 Å². The van der Waals surface area contributed by atoms with E-state index < -0.39 is 48.8 Å². The normalized spacial score (nSPS) is 15.4. The van der Waals surface area contributed by atoms with Gasteiger partial charge < -0.3 is 36.4 Å². The maximum atomic E-state index is 12.6. The molecule has 0 spiro atoms. The van der Waals surface area contributed by atoms with Crippen LogP contribution in [0.25, 0.3) is 0 Å². The molecule has 0 bridgehead atoms. The highest BCUT2D eigenvalue weighted by molar-refractivity contribution is 5.94. The first-order valence-electron chi connectivity index (χ1n) is 11.5. The minimum absolute atomic E-state index is 0.0142. The predicted octanol–water partition coefficient (Wildman–Crippen LogP) is -1.44. The first-order chi connectivity index (χ1) is 16.7. The Morgan fingerprint density at radius 2 is 1.63 bits per heavy atom. The number of carbonyl (C=O) groups excluding carboxylic acids is 3. The summed E-state index contributed by atoms with van der Waals surface area (Å²) >= 11 is 0. The molecule has 2 rings (SSSR count). The van der Waals surface area contributed by atoms with E-state index in [1.54, 1.807) is 30.3 Å². The number of carbonyl (C=O) groups is 5. The molecule has 1 aliphatic rings. The third kappa shape index (κ3) is 11.0. The van der Waals surface area contributed by atoms with Crippen LogP contribution in [0.2, 0.25) is 0 Å². The first-order valence-corrected chi connectivity index (χ1v) is 11.5. The smallest absolute Gasteiger partial charge is 0.326 e. The molecule has 0 aromatic heterocycles. The van der Waals surface area contributed by atoms with Crippen molar-refractivity contribution in [3.63, 3.8) is 0 Å². The van der Waals surface area contributed by atoms with Crippen molar-refractivity contribution in [1.29, 1.82) is 0 Å². The van der Waals surface area contributed by atoms with Crippen molar-refractivity contribution < 1.29 is 34.2 Å². The van der Waals surface area contributed by atoms with Gasteiger partial charge in [-0.25, -0.2) is 4.79 Å². The summed E-state index contributed by atoms with van der Waals surface area (Å²) in [6, 6.07) is 5.81. The number of carboxylic acid groups (broad SMARTS) is 2. The molecule has 6 N–H and O–H groups in total. The number of nitrogens with zero attached hydrogens (tertiary/aromatic N) is 1. The van der Waals surface area contributed by atoms with Crippen LogP contribution in [0.1, 0.15) is 24.8 Å². The summed E-state index contributed by atoms with van der Waals surface area (Å²) in [5, 5.41) is 28.8. The van der Waals surface area contributed by atoms with Gasteiger partial charge in [-0.1, -0.05) is 30.3 Å². The number of nitrogens with one attached hydrogen (secondary N) is 4. The van der Waals surface area contributed by atoms with Gasteiger partial charge in [0, 0.05) is 39.0 Å². The van der Waals surface area contributed by atoms with Gasteiger partial charge in [0.15, 0.2) is 0 Å². The largest absolute Gasteiger partial charge is 0.481 e. The number of carboxylic acids is 2. The van der Waals surface area contributed by atoms with E-state index in [4.69, 9.17) is 5.11 Å². The molecular weight excluding hydrogens is 458 g/mol. The third-order valence-corrected chi connectivity index (χ3v) is 5.46. The van der Waals surface area contributed by atoms with Crippen molar-refractivity contribution >= 4 is 29.7 Å². The molecule has 0 radical (unpaired) electrons. The number of aliphatic carboxylic acids is 2. The molecule has 0 aliphatic carbocycles. The van der Waals surface area contributed by atoms with Crippen LogP contribution in [-0.2, 0) is 30.4 Å². The SMILES string of the molecule is O=C(O)C[C@H](NC(=O)CNC(=O)CCCN1CCNCC1)C(=O)N[C@@H](Cc1ccccc1)C(=O)O. The topological polar surface area (TPSA) is 177 Å². The van der Waals surface area contributed by atoms with Crippen LogP contribution in [0.4, 0.5) is 0 Å². The lowest BCUT2D eigenvalue weighted by molar-refractivity contribution is -0.143. The number of hydrogen-bond donors (Lipinski definition) is 6. The van der Waals surface area contributed by atoms with E-state index in [0.29, 0.717) is 12.0 Å². The average molecular weight is 492 g/mol. The van der Waals surface area contributed by atoms with Crippen molar-refractivity contribution in [3.8, 4) is 0 Å². The maximum Gasteiger partial charge on any atom is 0.326 e. The molecule has 0 saturated carbocycles. The van der Waals surface area contributed by atoms with Crippen molar-refractivity contribution in [2.24, 2.45) is 0 Å². The lowest BCUT2D eigenvalue weighted by Gasteiger charge is -2.26. The van der Waals surface area contributed by atoms with Crippen LogP contribution < -0.4 is 21.3 Å². The maximum absolute atomic E-state index is 12.6. The molecule has 1 saturated heterocycles. The summed E-state index contributed by atoms with van der Waals surface area (Å²) < 4.78 is 0. The Balaban J connectivity index is 1.81. The van der Waals surface area contributed by atoms with Gasteiger partial charge in [-0.05, 0) is 18.5 Å². The quantitative estimate of drug-likeness (QED) is 0.182. The summed E-state index contributed by atoms with van der Waals surface area (Å²) in [6.45, 7) is 4.02. The molecule has 1 aromatic rings. The number of piperazine rings is 1. The van der Waals surface area contributed by atoms with Gasteiger partial charge in [0.05, 0.1) is 13.0 Å². The molecule has 12 heteroatoms. The Morgan fingerprint density at radius 1 is 0.943 bits per heavy atom. The lowest BCUT2D eigenvalue weighted by Crippen LogP contribution is -2.54. The zero-order valence-electron chi connectivity index (χ0n) is 19.5. The van der Waals surface area contributed by atoms with Crippen LogP contribution in [0, 0.1) is 0 Å². The standard InChI is InChI=1S/C23H33N5O7/c29-19(7-4-10-28-11-8-24-9-12-28)25-15-20(30)26-17(14-21(31)32)22(33)27-18(23(34)35)13-16-5-2-1-3-6-16/h1-3,5-6,17-18,24H,4,7-15H2,(H,25,29)(H,26,30)(H,27,33)(H,31,32)(H,34,35)/t17-,18-/m0/s1. The molecule has 2 atom stereocenters. The number of hydrogen-bond acceptors (Lipinski definition) is 7. The highest BCUT2D eigenvalue weighted by Gasteiger charge is 2.28. The zero-order chi connectivity index (χ0) is 25.6. The molecule has 1 aliphatic heterocycles. The van der Waals surface area contributed by atoms with Crippen molar-refractivity contribution in [1.82, 2.24) is 26.2 Å². The Kier molecular flexibility index (Phi) is 11.6. The fourth-order valence-electron chi connectivity index (χ4n) is 3.62. The minimum atomic E-state index is -1.50. The van der Waals surface area contributed by atoms with Gasteiger partial charge >= 0.3 is 11.9 Å². The molecule has 12 nitrogen and oxygen atoms in total. The highest BCUT2D eigenvalue weighted by atomic mass is 16.4. The summed E-state index contributed by atoms with van der Waals surface area (Å²) in [4.78, 5) is 61.9. The Hall–Kier alpha value is -3.51. The van der Waals surface area contributed by atoms with Crippen LogP contribution >= 0.6 is 0 Å². The third-order valence-electron chi connectivity index (χ3n) is 5.46. The lowest BCUT2D eigenvalue weighted by atomic mass is 10.1. The first kappa shape index (κ1) is 27.7. The van der Waals surface area contributed by atoms with Crippen molar-refractivity contribution in [2.45, 2.75) is 37.8 Å². The second-order valence-corrected chi connectivity index (χ2v) is 8.28. The van der Waals surface area contributed by atoms with Crippen LogP contribution in [0.5, 0.6) is 0 Å². The molecule has 1 aromatic carbocycles. The second-order valence-electron chi connectivity index (χ2n) is 8.28. The van der Waals surface area contributed by atoms with E-state index in [-0.39, 0.29) is 18.7 Å². The summed E-state index contributed by atoms with van der Waals surface area (Å²) in [7, 11) is 0. The van der Waals surface area contributed by atoms with Gasteiger partial charge in [-0.15, -0.1) is 0 Å². The highest BCUT2D eigenvalue weighted by Crippen LogP contribution is 2.05. The zero-order valence-corrected chi connectivity index (χ0v) is 19.5. The number of rotatable bonds is 14. The monoisotopic (exact) mass is 491 g/mol. The van der Waals surface area contributed by atoms with Crippen LogP contribution in [0.3, 0.4) is 0 Å². The Bertz CT molecular complexity index is 874. The summed E-state index contributed by atoms with van der Waals surface area (Å²) in [5.41, 5.74) is 0.665. The van der Waals surface area contributed by atoms with Gasteiger partial charge in [0.25, 0.3) is 0 Å². The predicted molar refractivity (Wildman–Crippen MR) is 125 cm³/mol. The van der Waals surface area contributed by atoms with E-state index in [2.05, 4.69) is 26.2 Å². The van der Waals surface area contributed by atoms with E-state index in [1.807, 2.05) is 0 Å². The fraction of sp³-hybridized carbons (Fsp3) is 0.522. The van der Waals surface area contributed by atoms with Gasteiger partial charge in [-0.2, -0.15) is 0 Å². The van der Waals surface area contributed by atoms with Crippen LogP contribution in [0.15, 0.2) is 30.3 Å². The van der Waals surface area contributed by atoms with E-state index in [9.17, 15) is 29.1 Å². The van der Waals surface area contributed by atoms with Crippen molar-refractivity contribution in [2.75, 3.05) is 39.3 Å². The molecule has 1 fully saturated rings. The van der Waals surface area contributed by atoms with Crippen LogP contribution in [-0.4, -0.2) is 96.1 Å². The number of benzene rings is 1.